The Morgan fingerprint density at radius 3 is 2.58 bits per heavy atom. The number of aliphatic carboxylic acids is 1. The van der Waals surface area contributed by atoms with E-state index in [2.05, 4.69) is 20.9 Å². The lowest BCUT2D eigenvalue weighted by atomic mass is 10.1. The molecule has 120 valence electrons. The number of carbonyl (C=O) groups is 1. The Morgan fingerprint density at radius 1 is 1.17 bits per heavy atom. The second kappa shape index (κ2) is 5.70. The number of fused-ring (bicyclic) bond motifs is 3. The van der Waals surface area contributed by atoms with Crippen LogP contribution in [-0.2, 0) is 4.79 Å². The normalized spacial score (nSPS) is 12.8. The van der Waals surface area contributed by atoms with Gasteiger partial charge in [0.15, 0.2) is 11.1 Å². The number of carboxylic acid groups (broad SMARTS) is 1. The second-order valence-electron chi connectivity index (χ2n) is 5.28. The molecule has 0 aliphatic heterocycles. The van der Waals surface area contributed by atoms with Crippen LogP contribution in [0.1, 0.15) is 11.8 Å². The molecule has 0 bridgehead atoms. The van der Waals surface area contributed by atoms with Crippen molar-refractivity contribution in [2.24, 2.45) is 0 Å². The average molecular weight is 403 g/mol. The van der Waals surface area contributed by atoms with Crippen molar-refractivity contribution in [1.82, 2.24) is 9.38 Å². The summed E-state index contributed by atoms with van der Waals surface area (Å²) < 4.78 is 3.63. The lowest BCUT2D eigenvalue weighted by molar-refractivity contribution is -0.147. The van der Waals surface area contributed by atoms with Crippen LogP contribution in [0.5, 0.6) is 0 Å². The molecule has 0 saturated carbocycles. The molecule has 0 saturated heterocycles. The van der Waals surface area contributed by atoms with Crippen molar-refractivity contribution in [1.29, 1.82) is 0 Å². The van der Waals surface area contributed by atoms with Crippen molar-refractivity contribution in [2.45, 2.75) is 6.10 Å². The van der Waals surface area contributed by atoms with E-state index in [1.165, 1.54) is 11.3 Å². The molecule has 2 heterocycles. The minimum absolute atomic E-state index is 0.275. The summed E-state index contributed by atoms with van der Waals surface area (Å²) in [6.07, 6.45) is -1.66. The topological polar surface area (TPSA) is 74.8 Å². The van der Waals surface area contributed by atoms with Crippen LogP contribution >= 0.6 is 27.3 Å². The minimum Gasteiger partial charge on any atom is -0.479 e. The van der Waals surface area contributed by atoms with E-state index in [-0.39, 0.29) is 5.69 Å². The van der Waals surface area contributed by atoms with E-state index in [1.54, 1.807) is 4.40 Å². The number of nitrogens with zero attached hydrogens (tertiary/aromatic N) is 2. The van der Waals surface area contributed by atoms with Gasteiger partial charge in [-0.1, -0.05) is 51.5 Å². The summed E-state index contributed by atoms with van der Waals surface area (Å²) in [6.45, 7) is 0. The van der Waals surface area contributed by atoms with Gasteiger partial charge in [0.1, 0.15) is 0 Å². The zero-order chi connectivity index (χ0) is 16.8. The zero-order valence-electron chi connectivity index (χ0n) is 12.2. The Labute approximate surface area is 148 Å². The summed E-state index contributed by atoms with van der Waals surface area (Å²) in [4.78, 5) is 16.7. The number of aromatic nitrogens is 2. The number of rotatable bonds is 3. The Bertz CT molecular complexity index is 1070. The number of benzene rings is 2. The molecule has 0 radical (unpaired) electrons. The first-order chi connectivity index (χ1) is 11.6. The van der Waals surface area contributed by atoms with E-state index in [9.17, 15) is 15.0 Å². The van der Waals surface area contributed by atoms with Gasteiger partial charge >= 0.3 is 5.97 Å². The molecule has 1 atom stereocenters. The van der Waals surface area contributed by atoms with Crippen molar-refractivity contribution in [3.8, 4) is 11.3 Å². The standard InChI is InChI=1S/C17H11BrN2O3S/c18-10-7-5-9(6-8-10)13-14(15(21)16(22)23)20-11-3-1-2-4-12(11)24-17(20)19-13/h1-8,15,21H,(H,22,23). The van der Waals surface area contributed by atoms with E-state index >= 15 is 0 Å². The summed E-state index contributed by atoms with van der Waals surface area (Å²) in [5, 5.41) is 19.6. The highest BCUT2D eigenvalue weighted by molar-refractivity contribution is 9.10. The van der Waals surface area contributed by atoms with Crippen LogP contribution in [0, 0.1) is 0 Å². The van der Waals surface area contributed by atoms with Crippen molar-refractivity contribution in [3.63, 3.8) is 0 Å². The van der Waals surface area contributed by atoms with E-state index in [1.807, 2.05) is 48.5 Å². The van der Waals surface area contributed by atoms with Crippen LogP contribution in [0.15, 0.2) is 53.0 Å². The highest BCUT2D eigenvalue weighted by atomic mass is 79.9. The first-order valence-electron chi connectivity index (χ1n) is 7.13. The van der Waals surface area contributed by atoms with Gasteiger partial charge in [0.05, 0.1) is 21.6 Å². The number of hydrogen-bond donors (Lipinski definition) is 2. The fraction of sp³-hybridized carbons (Fsp3) is 0.0588. The number of aliphatic hydroxyl groups is 1. The van der Waals surface area contributed by atoms with Gasteiger partial charge in [-0.05, 0) is 24.3 Å². The fourth-order valence-electron chi connectivity index (χ4n) is 2.73. The highest BCUT2D eigenvalue weighted by Crippen LogP contribution is 2.36. The Morgan fingerprint density at radius 2 is 1.88 bits per heavy atom. The van der Waals surface area contributed by atoms with Gasteiger partial charge in [-0.15, -0.1) is 0 Å². The lowest BCUT2D eigenvalue weighted by Crippen LogP contribution is -2.13. The molecule has 5 nitrogen and oxygen atoms in total. The van der Waals surface area contributed by atoms with E-state index in [0.717, 1.165) is 20.3 Å². The van der Waals surface area contributed by atoms with Gasteiger partial charge in [0.25, 0.3) is 0 Å². The molecule has 0 aliphatic carbocycles. The molecule has 4 rings (SSSR count). The number of thiazole rings is 1. The third kappa shape index (κ3) is 2.32. The highest BCUT2D eigenvalue weighted by Gasteiger charge is 2.28. The molecule has 0 amide bonds. The number of hydrogen-bond acceptors (Lipinski definition) is 4. The number of para-hydroxylation sites is 1. The molecule has 0 fully saturated rings. The van der Waals surface area contributed by atoms with E-state index in [4.69, 9.17) is 0 Å². The van der Waals surface area contributed by atoms with Crippen LogP contribution in [0.25, 0.3) is 26.4 Å². The summed E-state index contributed by atoms with van der Waals surface area (Å²) in [7, 11) is 0. The van der Waals surface area contributed by atoms with Crippen molar-refractivity contribution >= 4 is 48.4 Å². The second-order valence-corrected chi connectivity index (χ2v) is 7.21. The smallest absolute Gasteiger partial charge is 0.338 e. The van der Waals surface area contributed by atoms with Crippen LogP contribution in [0.3, 0.4) is 0 Å². The fourth-order valence-corrected chi connectivity index (χ4v) is 4.03. The Kier molecular flexibility index (Phi) is 3.64. The SMILES string of the molecule is O=C(O)C(O)c1c(-c2ccc(Br)cc2)nc2sc3ccccc3n12. The number of aliphatic hydroxyl groups excluding tert-OH is 1. The predicted octanol–water partition coefficient (Wildman–Crippen LogP) is 4.10. The molecular formula is C17H11BrN2O3S. The van der Waals surface area contributed by atoms with Crippen LogP contribution in [0.2, 0.25) is 0 Å². The largest absolute Gasteiger partial charge is 0.479 e. The predicted molar refractivity (Wildman–Crippen MR) is 96.3 cm³/mol. The molecule has 2 aromatic carbocycles. The van der Waals surface area contributed by atoms with Gasteiger partial charge < -0.3 is 10.2 Å². The van der Waals surface area contributed by atoms with Crippen molar-refractivity contribution in [3.05, 3.63) is 58.7 Å². The third-order valence-corrected chi connectivity index (χ3v) is 5.35. The molecule has 7 heteroatoms. The van der Waals surface area contributed by atoms with Crippen LogP contribution in [-0.4, -0.2) is 25.6 Å². The van der Waals surface area contributed by atoms with Gasteiger partial charge in [0.2, 0.25) is 0 Å². The number of imidazole rings is 1. The molecule has 24 heavy (non-hydrogen) atoms. The summed E-state index contributed by atoms with van der Waals surface area (Å²) in [6, 6.07) is 15.0. The van der Waals surface area contributed by atoms with Gasteiger partial charge in [0, 0.05) is 10.0 Å². The Hall–Kier alpha value is -2.22. The Balaban J connectivity index is 2.07. The summed E-state index contributed by atoms with van der Waals surface area (Å²) >= 11 is 4.84. The molecule has 0 aliphatic rings. The average Bonchev–Trinajstić information content (AvgIpc) is 3.10. The molecular weight excluding hydrogens is 392 g/mol. The van der Waals surface area contributed by atoms with E-state index in [0.29, 0.717) is 10.7 Å². The minimum atomic E-state index is -1.66. The monoisotopic (exact) mass is 402 g/mol. The summed E-state index contributed by atoms with van der Waals surface area (Å²) in [5.41, 5.74) is 2.35. The number of halogens is 1. The maximum atomic E-state index is 11.4. The first-order valence-corrected chi connectivity index (χ1v) is 8.74. The van der Waals surface area contributed by atoms with Crippen LogP contribution < -0.4 is 0 Å². The molecule has 0 spiro atoms. The molecule has 2 aromatic heterocycles. The van der Waals surface area contributed by atoms with Gasteiger partial charge in [-0.25, -0.2) is 9.78 Å². The van der Waals surface area contributed by atoms with Gasteiger partial charge in [-0.2, -0.15) is 0 Å². The first kappa shape index (κ1) is 15.3. The third-order valence-electron chi connectivity index (χ3n) is 3.80. The van der Waals surface area contributed by atoms with Crippen LogP contribution in [0.4, 0.5) is 0 Å². The maximum Gasteiger partial charge on any atom is 0.338 e. The van der Waals surface area contributed by atoms with Gasteiger partial charge in [-0.3, -0.25) is 4.40 Å². The lowest BCUT2D eigenvalue weighted by Gasteiger charge is -2.09. The number of carboxylic acids is 1. The van der Waals surface area contributed by atoms with Crippen molar-refractivity contribution < 1.29 is 15.0 Å². The quantitative estimate of drug-likeness (QED) is 0.540. The van der Waals surface area contributed by atoms with Crippen molar-refractivity contribution in [2.75, 3.05) is 0 Å². The zero-order valence-corrected chi connectivity index (χ0v) is 14.6. The maximum absolute atomic E-state index is 11.4. The molecule has 2 N–H and O–H groups in total. The molecule has 4 aromatic rings. The van der Waals surface area contributed by atoms with E-state index < -0.39 is 12.1 Å². The summed E-state index contributed by atoms with van der Waals surface area (Å²) in [5.74, 6) is -1.30. The molecule has 1 unspecified atom stereocenters.